The highest BCUT2D eigenvalue weighted by molar-refractivity contribution is 9.10. The molecule has 0 heterocycles. The van der Waals surface area contributed by atoms with Crippen molar-refractivity contribution in [2.24, 2.45) is 0 Å². The summed E-state index contributed by atoms with van der Waals surface area (Å²) in [5.74, 6) is 0.710. The van der Waals surface area contributed by atoms with Gasteiger partial charge in [0, 0.05) is 10.0 Å². The lowest BCUT2D eigenvalue weighted by Gasteiger charge is -2.19. The zero-order chi connectivity index (χ0) is 16.5. The third-order valence-corrected chi connectivity index (χ3v) is 5.02. The molecule has 3 nitrogen and oxygen atoms in total. The summed E-state index contributed by atoms with van der Waals surface area (Å²) in [5, 5.41) is 0. The highest BCUT2D eigenvalue weighted by Gasteiger charge is 2.15. The van der Waals surface area contributed by atoms with Gasteiger partial charge in [-0.2, -0.15) is 0 Å². The maximum absolute atomic E-state index is 10.6. The second-order valence-corrected chi connectivity index (χ2v) is 7.00. The van der Waals surface area contributed by atoms with Crippen LogP contribution in [0.15, 0.2) is 59.1 Å². The summed E-state index contributed by atoms with van der Waals surface area (Å²) in [7, 11) is -1.09. The van der Waals surface area contributed by atoms with E-state index in [0.717, 1.165) is 22.5 Å². The Hall–Kier alpha value is -1.48. The van der Waals surface area contributed by atoms with Crippen LogP contribution in [0.25, 0.3) is 6.08 Å². The van der Waals surface area contributed by atoms with Crippen LogP contribution in [-0.4, -0.2) is 12.9 Å². The second-order valence-electron chi connectivity index (χ2n) is 4.66. The van der Waals surface area contributed by atoms with Crippen LogP contribution < -0.4 is 4.52 Å². The first-order valence-corrected chi connectivity index (χ1v) is 9.42. The zero-order valence-corrected chi connectivity index (χ0v) is 15.3. The van der Waals surface area contributed by atoms with Gasteiger partial charge in [-0.15, -0.1) is 0 Å². The molecule has 0 saturated carbocycles. The number of hydrogen-bond acceptors (Lipinski definition) is 3. The SMILES string of the molecule is CCOP(Cc1ccccc1)Oc1ccc(Br)cc1/C=C/C=O. The molecular formula is C18H18BrO3P. The third kappa shape index (κ3) is 5.91. The molecule has 120 valence electrons. The molecule has 0 saturated heterocycles. The van der Waals surface area contributed by atoms with Crippen molar-refractivity contribution in [1.29, 1.82) is 0 Å². The maximum atomic E-state index is 10.6. The molecule has 0 aliphatic carbocycles. The molecule has 23 heavy (non-hydrogen) atoms. The van der Waals surface area contributed by atoms with Gasteiger partial charge in [0.15, 0.2) is 0 Å². The topological polar surface area (TPSA) is 35.5 Å². The van der Waals surface area contributed by atoms with Gasteiger partial charge in [0.05, 0.1) is 12.8 Å². The lowest BCUT2D eigenvalue weighted by atomic mass is 10.2. The molecule has 2 aromatic carbocycles. The molecule has 0 radical (unpaired) electrons. The largest absolute Gasteiger partial charge is 0.446 e. The van der Waals surface area contributed by atoms with Crippen LogP contribution in [0.5, 0.6) is 5.75 Å². The molecule has 0 aliphatic heterocycles. The number of allylic oxidation sites excluding steroid dienone is 1. The normalized spacial score (nSPS) is 12.3. The van der Waals surface area contributed by atoms with Gasteiger partial charge in [0.25, 0.3) is 0 Å². The Morgan fingerprint density at radius 1 is 1.17 bits per heavy atom. The van der Waals surface area contributed by atoms with Gasteiger partial charge >= 0.3 is 0 Å². The predicted octanol–water partition coefficient (Wildman–Crippen LogP) is 5.59. The average Bonchev–Trinajstić information content (AvgIpc) is 2.56. The lowest BCUT2D eigenvalue weighted by Crippen LogP contribution is -1.98. The Labute approximate surface area is 146 Å². The van der Waals surface area contributed by atoms with Gasteiger partial charge in [-0.05, 0) is 42.8 Å². The molecule has 0 bridgehead atoms. The highest BCUT2D eigenvalue weighted by atomic mass is 79.9. The van der Waals surface area contributed by atoms with Gasteiger partial charge in [0.2, 0.25) is 8.38 Å². The van der Waals surface area contributed by atoms with Crippen LogP contribution in [0.3, 0.4) is 0 Å². The monoisotopic (exact) mass is 392 g/mol. The van der Waals surface area contributed by atoms with Gasteiger partial charge in [-0.1, -0.05) is 46.3 Å². The molecule has 2 rings (SSSR count). The van der Waals surface area contributed by atoms with E-state index in [1.54, 1.807) is 6.08 Å². The summed E-state index contributed by atoms with van der Waals surface area (Å²) in [6, 6.07) is 15.8. The Morgan fingerprint density at radius 3 is 2.65 bits per heavy atom. The van der Waals surface area contributed by atoms with E-state index in [-0.39, 0.29) is 0 Å². The van der Waals surface area contributed by atoms with E-state index >= 15 is 0 Å². The van der Waals surface area contributed by atoms with E-state index in [1.165, 1.54) is 11.6 Å². The lowest BCUT2D eigenvalue weighted by molar-refractivity contribution is -0.104. The summed E-state index contributed by atoms with van der Waals surface area (Å²) in [4.78, 5) is 10.6. The van der Waals surface area contributed by atoms with E-state index in [2.05, 4.69) is 28.1 Å². The average molecular weight is 393 g/mol. The van der Waals surface area contributed by atoms with Crippen LogP contribution in [0.1, 0.15) is 18.1 Å². The van der Waals surface area contributed by atoms with Crippen LogP contribution >= 0.6 is 24.3 Å². The van der Waals surface area contributed by atoms with Gasteiger partial charge < -0.3 is 9.05 Å². The van der Waals surface area contributed by atoms with Crippen LogP contribution in [0.2, 0.25) is 0 Å². The Kier molecular flexibility index (Phi) is 7.47. The number of halogens is 1. The molecule has 0 spiro atoms. The van der Waals surface area contributed by atoms with Crippen LogP contribution in [0.4, 0.5) is 0 Å². The molecule has 0 aromatic heterocycles. The summed E-state index contributed by atoms with van der Waals surface area (Å²) in [6.45, 7) is 2.55. The second kappa shape index (κ2) is 9.61. The molecule has 0 amide bonds. The summed E-state index contributed by atoms with van der Waals surface area (Å²) in [5.41, 5.74) is 2.01. The predicted molar refractivity (Wildman–Crippen MR) is 98.6 cm³/mol. The number of hydrogen-bond donors (Lipinski definition) is 0. The molecule has 5 heteroatoms. The smallest absolute Gasteiger partial charge is 0.234 e. The molecule has 1 atom stereocenters. The van der Waals surface area contributed by atoms with Gasteiger partial charge in [-0.3, -0.25) is 4.79 Å². The van der Waals surface area contributed by atoms with Gasteiger partial charge in [-0.25, -0.2) is 0 Å². The Bertz CT molecular complexity index is 659. The fraction of sp³-hybridized carbons (Fsp3) is 0.167. The first-order chi connectivity index (χ1) is 11.2. The van der Waals surface area contributed by atoms with Crippen molar-refractivity contribution in [3.8, 4) is 5.75 Å². The van der Waals surface area contributed by atoms with E-state index < -0.39 is 8.38 Å². The third-order valence-electron chi connectivity index (χ3n) is 2.95. The van der Waals surface area contributed by atoms with Crippen LogP contribution in [0, 0.1) is 0 Å². The first-order valence-electron chi connectivity index (χ1n) is 7.26. The van der Waals surface area contributed by atoms with E-state index in [0.29, 0.717) is 12.4 Å². The standard InChI is InChI=1S/C18H18BrO3P/c1-2-21-23(14-15-7-4-3-5-8-15)22-18-11-10-17(19)13-16(18)9-6-12-20/h3-13H,2,14H2,1H3/b9-6+. The quantitative estimate of drug-likeness (QED) is 0.333. The maximum Gasteiger partial charge on any atom is 0.234 e. The molecule has 0 aliphatic rings. The number of rotatable bonds is 8. The van der Waals surface area contributed by atoms with Crippen molar-refractivity contribution in [3.63, 3.8) is 0 Å². The fourth-order valence-corrected chi connectivity index (χ4v) is 3.74. The minimum Gasteiger partial charge on any atom is -0.446 e. The van der Waals surface area contributed by atoms with E-state index in [4.69, 9.17) is 9.05 Å². The van der Waals surface area contributed by atoms with Crippen molar-refractivity contribution in [2.75, 3.05) is 6.61 Å². The highest BCUT2D eigenvalue weighted by Crippen LogP contribution is 2.44. The number of benzene rings is 2. The minimum atomic E-state index is -1.09. The van der Waals surface area contributed by atoms with E-state index in [1.807, 2.05) is 43.3 Å². The fourth-order valence-electron chi connectivity index (χ4n) is 1.97. The summed E-state index contributed by atoms with van der Waals surface area (Å²) in [6.07, 6.45) is 4.65. The molecular weight excluding hydrogens is 375 g/mol. The summed E-state index contributed by atoms with van der Waals surface area (Å²) < 4.78 is 12.8. The molecule has 0 N–H and O–H groups in total. The Morgan fingerprint density at radius 2 is 1.96 bits per heavy atom. The van der Waals surface area contributed by atoms with Gasteiger partial charge in [0.1, 0.15) is 12.0 Å². The first kappa shape index (κ1) is 17.9. The molecule has 2 aromatic rings. The zero-order valence-electron chi connectivity index (χ0n) is 12.8. The van der Waals surface area contributed by atoms with Crippen molar-refractivity contribution < 1.29 is 13.8 Å². The van der Waals surface area contributed by atoms with Crippen molar-refractivity contribution in [2.45, 2.75) is 13.1 Å². The van der Waals surface area contributed by atoms with Crippen molar-refractivity contribution in [3.05, 3.63) is 70.2 Å². The number of carbonyl (C=O) groups is 1. The summed E-state index contributed by atoms with van der Waals surface area (Å²) >= 11 is 3.44. The van der Waals surface area contributed by atoms with Crippen molar-refractivity contribution in [1.82, 2.24) is 0 Å². The molecule has 1 unspecified atom stereocenters. The Balaban J connectivity index is 2.19. The number of aldehydes is 1. The minimum absolute atomic E-state index is 0.592. The van der Waals surface area contributed by atoms with Crippen molar-refractivity contribution >= 4 is 36.7 Å². The number of carbonyl (C=O) groups excluding carboxylic acids is 1. The molecule has 0 fully saturated rings. The van der Waals surface area contributed by atoms with E-state index in [9.17, 15) is 4.79 Å². The van der Waals surface area contributed by atoms with Crippen LogP contribution in [-0.2, 0) is 15.5 Å².